The van der Waals surface area contributed by atoms with Gasteiger partial charge >= 0.3 is 0 Å². The summed E-state index contributed by atoms with van der Waals surface area (Å²) >= 11 is 12.3. The Hall–Kier alpha value is -2.35. The summed E-state index contributed by atoms with van der Waals surface area (Å²) in [6.45, 7) is 5.89. The molecular weight excluding hydrogens is 423 g/mol. The average Bonchev–Trinajstić information content (AvgIpc) is 3.24. The molecule has 0 aliphatic carbocycles. The zero-order valence-electron chi connectivity index (χ0n) is 16.6. The van der Waals surface area contributed by atoms with Gasteiger partial charge in [-0.25, -0.2) is 0 Å². The Balaban J connectivity index is 1.14. The highest BCUT2D eigenvalue weighted by molar-refractivity contribution is 6.36. The van der Waals surface area contributed by atoms with Crippen LogP contribution >= 0.6 is 23.2 Å². The first-order valence-electron chi connectivity index (χ1n) is 10.1. The number of hydrogen-bond acceptors (Lipinski definition) is 7. The topological polar surface area (TPSA) is 70.3 Å². The summed E-state index contributed by atoms with van der Waals surface area (Å²) in [5.74, 6) is 0.931. The van der Waals surface area contributed by atoms with Crippen LogP contribution in [0.1, 0.15) is 12.8 Å². The first kappa shape index (κ1) is 20.9. The van der Waals surface area contributed by atoms with Gasteiger partial charge in [0.15, 0.2) is 0 Å². The molecule has 4 rings (SSSR count). The number of nitrogens with one attached hydrogen (secondary N) is 1. The van der Waals surface area contributed by atoms with E-state index < -0.39 is 0 Å². The van der Waals surface area contributed by atoms with Gasteiger partial charge in [0.25, 0.3) is 11.8 Å². The van der Waals surface area contributed by atoms with Crippen LogP contribution in [0.5, 0.6) is 0 Å². The van der Waals surface area contributed by atoms with Crippen molar-refractivity contribution in [3.05, 3.63) is 52.6 Å². The van der Waals surface area contributed by atoms with Crippen LogP contribution in [0.25, 0.3) is 11.6 Å². The maximum absolute atomic E-state index is 6.34. The normalized spacial score (nSPS) is 14.8. The van der Waals surface area contributed by atoms with E-state index in [-0.39, 0.29) is 0 Å². The van der Waals surface area contributed by atoms with Crippen molar-refractivity contribution in [1.29, 1.82) is 0 Å². The maximum atomic E-state index is 6.34. The molecular formula is C21H24Cl2N6O. The molecule has 0 radical (unpaired) electrons. The van der Waals surface area contributed by atoms with Crippen molar-refractivity contribution in [3.63, 3.8) is 0 Å². The Bertz CT molecular complexity index is 944. The molecule has 1 fully saturated rings. The Kier molecular flexibility index (Phi) is 7.04. The van der Waals surface area contributed by atoms with Crippen LogP contribution in [0.4, 0.5) is 11.6 Å². The Morgan fingerprint density at radius 3 is 2.67 bits per heavy atom. The quantitative estimate of drug-likeness (QED) is 0.512. The number of pyridine rings is 1. The lowest BCUT2D eigenvalue weighted by Gasteiger charge is -2.36. The van der Waals surface area contributed by atoms with E-state index in [2.05, 4.69) is 30.2 Å². The van der Waals surface area contributed by atoms with Crippen molar-refractivity contribution in [1.82, 2.24) is 20.0 Å². The van der Waals surface area contributed by atoms with Crippen LogP contribution in [-0.4, -0.2) is 59.3 Å². The third-order valence-electron chi connectivity index (χ3n) is 5.12. The molecule has 0 unspecified atom stereocenters. The second kappa shape index (κ2) is 10.1. The predicted octanol–water partition coefficient (Wildman–Crippen LogP) is 4.45. The molecule has 9 heteroatoms. The number of benzene rings is 1. The number of hydrogen-bond donors (Lipinski definition) is 1. The molecule has 7 nitrogen and oxygen atoms in total. The molecule has 0 saturated carbocycles. The standard InChI is InChI=1S/C21H24Cl2N6O/c22-16-6-7-19(17(23)15-16)29-13-11-28(12-14-29)10-4-3-9-25-21-26-20(30-27-21)18-5-1-2-8-24-18/h1-2,5-8,15H,3-4,9-14H2,(H,25,27). The molecule has 1 N–H and O–H groups in total. The van der Waals surface area contributed by atoms with Gasteiger partial charge in [0, 0.05) is 43.9 Å². The summed E-state index contributed by atoms with van der Waals surface area (Å²) in [6, 6.07) is 11.3. The number of rotatable bonds is 8. The number of halogens is 2. The molecule has 0 spiro atoms. The smallest absolute Gasteiger partial charge is 0.278 e. The van der Waals surface area contributed by atoms with Crippen molar-refractivity contribution in [2.24, 2.45) is 0 Å². The second-order valence-corrected chi connectivity index (χ2v) is 8.04. The SMILES string of the molecule is Clc1ccc(N2CCN(CCCCNc3noc(-c4ccccn4)n3)CC2)c(Cl)c1. The van der Waals surface area contributed by atoms with Crippen LogP contribution in [0.2, 0.25) is 10.0 Å². The Morgan fingerprint density at radius 2 is 1.90 bits per heavy atom. The van der Waals surface area contributed by atoms with Crippen LogP contribution in [-0.2, 0) is 0 Å². The van der Waals surface area contributed by atoms with Gasteiger partial charge in [0.2, 0.25) is 0 Å². The van der Waals surface area contributed by atoms with Gasteiger partial charge in [-0.15, -0.1) is 0 Å². The van der Waals surface area contributed by atoms with Gasteiger partial charge in [-0.1, -0.05) is 29.3 Å². The molecule has 1 aliphatic heterocycles. The molecule has 1 aliphatic rings. The van der Waals surface area contributed by atoms with E-state index in [1.165, 1.54) is 0 Å². The third kappa shape index (κ3) is 5.41. The number of unbranched alkanes of at least 4 members (excludes halogenated alkanes) is 1. The molecule has 0 atom stereocenters. The van der Waals surface area contributed by atoms with Crippen molar-refractivity contribution >= 4 is 34.8 Å². The summed E-state index contributed by atoms with van der Waals surface area (Å²) in [6.07, 6.45) is 3.85. The molecule has 3 aromatic rings. The lowest BCUT2D eigenvalue weighted by atomic mass is 10.2. The van der Waals surface area contributed by atoms with Gasteiger partial charge in [-0.3, -0.25) is 9.88 Å². The summed E-state index contributed by atoms with van der Waals surface area (Å²) in [5.41, 5.74) is 1.74. The first-order valence-corrected chi connectivity index (χ1v) is 10.9. The largest absolute Gasteiger partial charge is 0.368 e. The highest BCUT2D eigenvalue weighted by atomic mass is 35.5. The van der Waals surface area contributed by atoms with Crippen molar-refractivity contribution in [3.8, 4) is 11.6 Å². The lowest BCUT2D eigenvalue weighted by Crippen LogP contribution is -2.46. The predicted molar refractivity (Wildman–Crippen MR) is 120 cm³/mol. The summed E-state index contributed by atoms with van der Waals surface area (Å²) in [4.78, 5) is 13.4. The minimum absolute atomic E-state index is 0.428. The zero-order chi connectivity index (χ0) is 20.8. The monoisotopic (exact) mass is 446 g/mol. The number of anilines is 2. The van der Waals surface area contributed by atoms with Crippen LogP contribution < -0.4 is 10.2 Å². The van der Waals surface area contributed by atoms with Crippen LogP contribution in [0.3, 0.4) is 0 Å². The molecule has 30 heavy (non-hydrogen) atoms. The number of aromatic nitrogens is 3. The molecule has 0 bridgehead atoms. The lowest BCUT2D eigenvalue weighted by molar-refractivity contribution is 0.254. The third-order valence-corrected chi connectivity index (χ3v) is 5.65. The van der Waals surface area contributed by atoms with Crippen LogP contribution in [0, 0.1) is 0 Å². The summed E-state index contributed by atoms with van der Waals surface area (Å²) < 4.78 is 5.25. The number of nitrogens with zero attached hydrogens (tertiary/aromatic N) is 5. The summed E-state index contributed by atoms with van der Waals surface area (Å²) in [7, 11) is 0. The van der Waals surface area contributed by atoms with Gasteiger partial charge in [0.05, 0.1) is 10.7 Å². The van der Waals surface area contributed by atoms with E-state index >= 15 is 0 Å². The van der Waals surface area contributed by atoms with E-state index in [1.54, 1.807) is 12.3 Å². The minimum atomic E-state index is 0.428. The fourth-order valence-electron chi connectivity index (χ4n) is 3.50. The molecule has 1 aromatic carbocycles. The molecule has 1 saturated heterocycles. The fraction of sp³-hybridized carbons (Fsp3) is 0.381. The van der Waals surface area contributed by atoms with Crippen molar-refractivity contribution in [2.45, 2.75) is 12.8 Å². The van der Waals surface area contributed by atoms with E-state index in [4.69, 9.17) is 27.7 Å². The van der Waals surface area contributed by atoms with Gasteiger partial charge in [0.1, 0.15) is 5.69 Å². The second-order valence-electron chi connectivity index (χ2n) is 7.20. The molecule has 3 heterocycles. The van der Waals surface area contributed by atoms with Gasteiger partial charge < -0.3 is 14.7 Å². The molecule has 0 amide bonds. The fourth-order valence-corrected chi connectivity index (χ4v) is 4.03. The summed E-state index contributed by atoms with van der Waals surface area (Å²) in [5, 5.41) is 8.56. The van der Waals surface area contributed by atoms with Crippen molar-refractivity contribution in [2.75, 3.05) is 49.5 Å². The van der Waals surface area contributed by atoms with E-state index in [1.807, 2.05) is 30.3 Å². The van der Waals surface area contributed by atoms with E-state index in [9.17, 15) is 0 Å². The van der Waals surface area contributed by atoms with Gasteiger partial charge in [-0.05, 0) is 54.9 Å². The van der Waals surface area contributed by atoms with Crippen LogP contribution in [0.15, 0.2) is 47.1 Å². The molecule has 2 aromatic heterocycles. The van der Waals surface area contributed by atoms with Crippen molar-refractivity contribution < 1.29 is 4.52 Å². The molecule has 158 valence electrons. The minimum Gasteiger partial charge on any atom is -0.368 e. The highest BCUT2D eigenvalue weighted by Crippen LogP contribution is 2.29. The zero-order valence-corrected chi connectivity index (χ0v) is 18.1. The first-order chi connectivity index (χ1) is 14.7. The average molecular weight is 447 g/mol. The number of piperazine rings is 1. The Morgan fingerprint density at radius 1 is 1.03 bits per heavy atom. The maximum Gasteiger partial charge on any atom is 0.278 e. The van der Waals surface area contributed by atoms with Gasteiger partial charge in [-0.2, -0.15) is 4.98 Å². The highest BCUT2D eigenvalue weighted by Gasteiger charge is 2.18. The van der Waals surface area contributed by atoms with E-state index in [0.717, 1.165) is 62.8 Å². The van der Waals surface area contributed by atoms with E-state index in [0.29, 0.717) is 22.6 Å². The Labute approximate surface area is 186 Å².